The quantitative estimate of drug-likeness (QED) is 0.369. The second-order valence-corrected chi connectivity index (χ2v) is 9.04. The second kappa shape index (κ2) is 10.0. The minimum atomic E-state index is -0.198. The van der Waals surface area contributed by atoms with Crippen LogP contribution in [-0.4, -0.2) is 34.9 Å². The van der Waals surface area contributed by atoms with Crippen molar-refractivity contribution in [2.24, 2.45) is 5.92 Å². The molecule has 33 heavy (non-hydrogen) atoms. The summed E-state index contributed by atoms with van der Waals surface area (Å²) in [6.45, 7) is 7.53. The highest BCUT2D eigenvalue weighted by molar-refractivity contribution is 7.15. The van der Waals surface area contributed by atoms with Crippen LogP contribution < -0.4 is 24.3 Å². The molecule has 0 aliphatic heterocycles. The maximum atomic E-state index is 12.9. The molecule has 4 rings (SSSR count). The van der Waals surface area contributed by atoms with Gasteiger partial charge in [-0.3, -0.25) is 4.79 Å². The van der Waals surface area contributed by atoms with E-state index in [1.165, 1.54) is 15.9 Å². The van der Waals surface area contributed by atoms with Crippen molar-refractivity contribution in [3.05, 3.63) is 62.9 Å². The van der Waals surface area contributed by atoms with Gasteiger partial charge in [0.15, 0.2) is 17.3 Å². The molecular formula is C25H27N3O4S. The first-order valence-electron chi connectivity index (χ1n) is 10.9. The Kier molecular flexibility index (Phi) is 6.93. The first-order valence-corrected chi connectivity index (χ1v) is 11.8. The summed E-state index contributed by atoms with van der Waals surface area (Å²) >= 11 is 1.30. The van der Waals surface area contributed by atoms with Crippen LogP contribution in [0.25, 0.3) is 22.4 Å². The lowest BCUT2D eigenvalue weighted by Gasteiger charge is -2.12. The zero-order chi connectivity index (χ0) is 23.4. The third-order valence-corrected chi connectivity index (χ3v) is 5.78. The number of aromatic nitrogens is 3. The predicted molar refractivity (Wildman–Crippen MR) is 130 cm³/mol. The Morgan fingerprint density at radius 1 is 1.09 bits per heavy atom. The van der Waals surface area contributed by atoms with Crippen LogP contribution >= 0.6 is 11.3 Å². The lowest BCUT2D eigenvalue weighted by atomic mass is 10.2. The number of fused-ring (bicyclic) bond motifs is 1. The topological polar surface area (TPSA) is 75.0 Å². The molecule has 0 N–H and O–H groups in total. The fraction of sp³-hybridized carbons (Fsp3) is 0.320. The number of hydrogen-bond donors (Lipinski definition) is 0. The van der Waals surface area contributed by atoms with E-state index in [0.29, 0.717) is 45.9 Å². The molecule has 2 aromatic carbocycles. The molecule has 0 bridgehead atoms. The Morgan fingerprint density at radius 3 is 2.55 bits per heavy atom. The lowest BCUT2D eigenvalue weighted by molar-refractivity contribution is 0.257. The van der Waals surface area contributed by atoms with E-state index in [0.717, 1.165) is 23.3 Å². The molecule has 4 aromatic rings. The van der Waals surface area contributed by atoms with Crippen molar-refractivity contribution >= 4 is 22.4 Å². The highest BCUT2D eigenvalue weighted by atomic mass is 32.1. The summed E-state index contributed by atoms with van der Waals surface area (Å²) in [5, 5.41) is 4.42. The van der Waals surface area contributed by atoms with Crippen molar-refractivity contribution in [3.8, 4) is 28.6 Å². The molecule has 0 amide bonds. The summed E-state index contributed by atoms with van der Waals surface area (Å²) < 4.78 is 18.8. The largest absolute Gasteiger partial charge is 0.494 e. The van der Waals surface area contributed by atoms with Gasteiger partial charge in [-0.1, -0.05) is 38.2 Å². The molecule has 172 valence electrons. The van der Waals surface area contributed by atoms with E-state index in [2.05, 4.69) is 30.9 Å². The van der Waals surface area contributed by atoms with Crippen LogP contribution in [0.4, 0.5) is 0 Å². The number of hydrogen-bond acceptors (Lipinski definition) is 7. The Balaban J connectivity index is 1.60. The molecule has 0 spiro atoms. The number of nitrogens with zero attached hydrogens (tertiary/aromatic N) is 3. The van der Waals surface area contributed by atoms with Crippen molar-refractivity contribution < 1.29 is 14.2 Å². The van der Waals surface area contributed by atoms with Crippen LogP contribution in [0, 0.1) is 5.92 Å². The molecule has 0 radical (unpaired) electrons. The van der Waals surface area contributed by atoms with Gasteiger partial charge in [0.05, 0.1) is 24.9 Å². The van der Waals surface area contributed by atoms with Gasteiger partial charge in [0.2, 0.25) is 4.96 Å². The highest BCUT2D eigenvalue weighted by Crippen LogP contribution is 2.29. The van der Waals surface area contributed by atoms with Gasteiger partial charge in [-0.25, -0.2) is 0 Å². The number of thiazole rings is 1. The predicted octanol–water partition coefficient (Wildman–Crippen LogP) is 4.20. The van der Waals surface area contributed by atoms with Gasteiger partial charge in [0.1, 0.15) is 5.75 Å². The van der Waals surface area contributed by atoms with Crippen LogP contribution in [0.5, 0.6) is 17.2 Å². The SMILES string of the molecule is CCCOc1ccc(-c2nc3sc(=Cc4ccc(OCC(C)C)c(OC)c4)c(=O)n3n2)cc1. The Hall–Kier alpha value is -3.39. The molecule has 2 heterocycles. The molecule has 0 saturated carbocycles. The molecule has 0 unspecified atom stereocenters. The van der Waals surface area contributed by atoms with E-state index < -0.39 is 0 Å². The van der Waals surface area contributed by atoms with Gasteiger partial charge in [0.25, 0.3) is 5.56 Å². The van der Waals surface area contributed by atoms with Crippen LogP contribution in [0.1, 0.15) is 32.8 Å². The average molecular weight is 466 g/mol. The molecule has 0 saturated heterocycles. The molecule has 0 aliphatic carbocycles. The molecule has 0 fully saturated rings. The van der Waals surface area contributed by atoms with Crippen LogP contribution in [0.3, 0.4) is 0 Å². The summed E-state index contributed by atoms with van der Waals surface area (Å²) in [5.74, 6) is 3.05. The maximum absolute atomic E-state index is 12.9. The fourth-order valence-electron chi connectivity index (χ4n) is 3.18. The highest BCUT2D eigenvalue weighted by Gasteiger charge is 2.13. The van der Waals surface area contributed by atoms with Crippen LogP contribution in [0.15, 0.2) is 47.3 Å². The molecule has 0 aliphatic rings. The number of methoxy groups -OCH3 is 1. The van der Waals surface area contributed by atoms with E-state index in [1.807, 2.05) is 48.5 Å². The second-order valence-electron chi connectivity index (χ2n) is 8.03. The zero-order valence-electron chi connectivity index (χ0n) is 19.2. The van der Waals surface area contributed by atoms with Crippen LogP contribution in [0.2, 0.25) is 0 Å². The molecule has 0 atom stereocenters. The molecular weight excluding hydrogens is 438 g/mol. The zero-order valence-corrected chi connectivity index (χ0v) is 20.0. The van der Waals surface area contributed by atoms with Gasteiger partial charge in [-0.05, 0) is 60.4 Å². The maximum Gasteiger partial charge on any atom is 0.291 e. The number of benzene rings is 2. The van der Waals surface area contributed by atoms with Gasteiger partial charge >= 0.3 is 0 Å². The summed E-state index contributed by atoms with van der Waals surface area (Å²) in [7, 11) is 1.60. The number of ether oxygens (including phenoxy) is 3. The van der Waals surface area contributed by atoms with Crippen molar-refractivity contribution in [1.82, 2.24) is 14.6 Å². The average Bonchev–Trinajstić information content (AvgIpc) is 3.36. The van der Waals surface area contributed by atoms with Gasteiger partial charge in [-0.15, -0.1) is 5.10 Å². The minimum absolute atomic E-state index is 0.198. The first-order chi connectivity index (χ1) is 16.0. The minimum Gasteiger partial charge on any atom is -0.494 e. The fourth-order valence-corrected chi connectivity index (χ4v) is 4.08. The molecule has 8 heteroatoms. The number of rotatable bonds is 9. The smallest absolute Gasteiger partial charge is 0.291 e. The summed E-state index contributed by atoms with van der Waals surface area (Å²) in [4.78, 5) is 18.0. The molecule has 7 nitrogen and oxygen atoms in total. The van der Waals surface area contributed by atoms with Gasteiger partial charge in [-0.2, -0.15) is 9.50 Å². The summed E-state index contributed by atoms with van der Waals surface area (Å²) in [6, 6.07) is 13.2. The van der Waals surface area contributed by atoms with E-state index in [1.54, 1.807) is 7.11 Å². The normalized spacial score (nSPS) is 12.0. The summed E-state index contributed by atoms with van der Waals surface area (Å²) in [5.41, 5.74) is 1.48. The van der Waals surface area contributed by atoms with Gasteiger partial charge in [0, 0.05) is 5.56 Å². The first kappa shape index (κ1) is 22.8. The Morgan fingerprint density at radius 2 is 1.88 bits per heavy atom. The van der Waals surface area contributed by atoms with Crippen LogP contribution in [-0.2, 0) is 0 Å². The Labute approximate surface area is 196 Å². The van der Waals surface area contributed by atoms with Crippen molar-refractivity contribution in [3.63, 3.8) is 0 Å². The lowest BCUT2D eigenvalue weighted by Crippen LogP contribution is -2.23. The summed E-state index contributed by atoms with van der Waals surface area (Å²) in [6.07, 6.45) is 2.77. The van der Waals surface area contributed by atoms with Crippen molar-refractivity contribution in [2.75, 3.05) is 20.3 Å². The third kappa shape index (κ3) is 5.17. The van der Waals surface area contributed by atoms with Crippen molar-refractivity contribution in [1.29, 1.82) is 0 Å². The molecule has 2 aromatic heterocycles. The van der Waals surface area contributed by atoms with E-state index in [-0.39, 0.29) is 5.56 Å². The standard InChI is InChI=1S/C25H27N3O4S/c1-5-12-31-19-9-7-18(8-10-19)23-26-25-28(27-23)24(29)22(33-25)14-17-6-11-20(21(13-17)30-4)32-15-16(2)3/h6-11,13-14,16H,5,12,15H2,1-4H3. The van der Waals surface area contributed by atoms with E-state index >= 15 is 0 Å². The third-order valence-electron chi connectivity index (χ3n) is 4.82. The monoisotopic (exact) mass is 465 g/mol. The van der Waals surface area contributed by atoms with Crippen molar-refractivity contribution in [2.45, 2.75) is 27.2 Å². The van der Waals surface area contributed by atoms with Gasteiger partial charge < -0.3 is 14.2 Å². The Bertz CT molecular complexity index is 1340. The van der Waals surface area contributed by atoms with E-state index in [4.69, 9.17) is 14.2 Å². The van der Waals surface area contributed by atoms with E-state index in [9.17, 15) is 4.79 Å².